The van der Waals surface area contributed by atoms with E-state index in [9.17, 15) is 4.79 Å². The van der Waals surface area contributed by atoms with Crippen molar-refractivity contribution < 1.29 is 9.53 Å². The standard InChI is InChI=1S/C21H35N5O2.HI/c1-4-22-21(23-10-6-12-26-13-15-28-16-14-26)24-11-9-18-7-5-8-19(17-18)20(27)25(2)3;/h5,7-8,17H,4,6,9-16H2,1-3H3,(H2,22,23,24);1H. The van der Waals surface area contributed by atoms with E-state index in [-0.39, 0.29) is 29.9 Å². The largest absolute Gasteiger partial charge is 0.379 e. The third kappa shape index (κ3) is 9.77. The van der Waals surface area contributed by atoms with Crippen LogP contribution in [0, 0.1) is 0 Å². The van der Waals surface area contributed by atoms with Crippen molar-refractivity contribution in [2.75, 3.05) is 66.6 Å². The van der Waals surface area contributed by atoms with Crippen molar-refractivity contribution in [3.8, 4) is 0 Å². The van der Waals surface area contributed by atoms with E-state index in [4.69, 9.17) is 4.74 Å². The molecule has 0 aliphatic carbocycles. The predicted octanol–water partition coefficient (Wildman–Crippen LogP) is 1.83. The number of hydrogen-bond acceptors (Lipinski definition) is 4. The molecule has 1 fully saturated rings. The number of guanidine groups is 1. The van der Waals surface area contributed by atoms with Gasteiger partial charge in [0.1, 0.15) is 0 Å². The fourth-order valence-corrected chi connectivity index (χ4v) is 3.10. The highest BCUT2D eigenvalue weighted by molar-refractivity contribution is 14.0. The molecule has 1 heterocycles. The Balaban J connectivity index is 0.00000420. The number of carbonyl (C=O) groups is 1. The molecule has 0 bridgehead atoms. The van der Waals surface area contributed by atoms with Crippen molar-refractivity contribution in [3.05, 3.63) is 35.4 Å². The number of nitrogens with zero attached hydrogens (tertiary/aromatic N) is 3. The van der Waals surface area contributed by atoms with Crippen LogP contribution in [0.4, 0.5) is 0 Å². The van der Waals surface area contributed by atoms with Gasteiger partial charge in [-0.1, -0.05) is 12.1 Å². The summed E-state index contributed by atoms with van der Waals surface area (Å²) in [6.07, 6.45) is 1.89. The van der Waals surface area contributed by atoms with E-state index in [0.29, 0.717) is 0 Å². The summed E-state index contributed by atoms with van der Waals surface area (Å²) in [5, 5.41) is 6.69. The summed E-state index contributed by atoms with van der Waals surface area (Å²) in [4.78, 5) is 20.8. The van der Waals surface area contributed by atoms with Gasteiger partial charge in [0.15, 0.2) is 5.96 Å². The maximum Gasteiger partial charge on any atom is 0.253 e. The SMILES string of the molecule is CCNC(=NCCCN1CCOCC1)NCCc1cccc(C(=O)N(C)C)c1.I. The topological polar surface area (TPSA) is 69.2 Å². The maximum atomic E-state index is 12.1. The van der Waals surface area contributed by atoms with Crippen LogP contribution >= 0.6 is 24.0 Å². The molecule has 0 atom stereocenters. The highest BCUT2D eigenvalue weighted by atomic mass is 127. The molecular weight excluding hydrogens is 481 g/mol. The quantitative estimate of drug-likeness (QED) is 0.227. The van der Waals surface area contributed by atoms with Gasteiger partial charge in [0.05, 0.1) is 13.2 Å². The second-order valence-corrected chi connectivity index (χ2v) is 7.14. The van der Waals surface area contributed by atoms with Gasteiger partial charge >= 0.3 is 0 Å². The molecule has 0 radical (unpaired) electrons. The number of halogens is 1. The van der Waals surface area contributed by atoms with Gasteiger partial charge in [-0.2, -0.15) is 0 Å². The van der Waals surface area contributed by atoms with Crippen molar-refractivity contribution in [1.29, 1.82) is 0 Å². The molecule has 0 aromatic heterocycles. The van der Waals surface area contributed by atoms with E-state index in [1.165, 1.54) is 0 Å². The lowest BCUT2D eigenvalue weighted by Gasteiger charge is -2.26. The molecule has 1 aliphatic heterocycles. The van der Waals surface area contributed by atoms with Crippen molar-refractivity contribution in [2.45, 2.75) is 19.8 Å². The summed E-state index contributed by atoms with van der Waals surface area (Å²) in [6.45, 7) is 9.29. The first-order valence-corrected chi connectivity index (χ1v) is 10.2. The molecular formula is C21H36IN5O2. The van der Waals surface area contributed by atoms with E-state index in [0.717, 1.165) is 82.4 Å². The smallest absolute Gasteiger partial charge is 0.253 e. The first-order valence-electron chi connectivity index (χ1n) is 10.2. The van der Waals surface area contributed by atoms with Crippen LogP contribution in [0.15, 0.2) is 29.3 Å². The molecule has 1 aromatic rings. The van der Waals surface area contributed by atoms with Gasteiger partial charge in [0.2, 0.25) is 0 Å². The van der Waals surface area contributed by atoms with E-state index < -0.39 is 0 Å². The molecule has 8 heteroatoms. The zero-order valence-electron chi connectivity index (χ0n) is 17.9. The normalized spacial score (nSPS) is 14.8. The molecule has 164 valence electrons. The summed E-state index contributed by atoms with van der Waals surface area (Å²) in [7, 11) is 3.55. The van der Waals surface area contributed by atoms with Gasteiger partial charge in [0, 0.05) is 58.9 Å². The number of ether oxygens (including phenoxy) is 1. The van der Waals surface area contributed by atoms with Crippen LogP contribution in [0.25, 0.3) is 0 Å². The summed E-state index contributed by atoms with van der Waals surface area (Å²) < 4.78 is 5.38. The number of benzene rings is 1. The Morgan fingerprint density at radius 2 is 2.00 bits per heavy atom. The number of nitrogens with one attached hydrogen (secondary N) is 2. The van der Waals surface area contributed by atoms with Crippen LogP contribution in [-0.2, 0) is 11.2 Å². The molecule has 1 amide bonds. The average Bonchev–Trinajstić information content (AvgIpc) is 2.71. The lowest BCUT2D eigenvalue weighted by atomic mass is 10.1. The fraction of sp³-hybridized carbons (Fsp3) is 0.619. The maximum absolute atomic E-state index is 12.1. The van der Waals surface area contributed by atoms with Crippen LogP contribution in [0.2, 0.25) is 0 Å². The number of morpholine rings is 1. The number of amides is 1. The van der Waals surface area contributed by atoms with E-state index in [1.54, 1.807) is 19.0 Å². The number of hydrogen-bond donors (Lipinski definition) is 2. The average molecular weight is 517 g/mol. The molecule has 2 N–H and O–H groups in total. The van der Waals surface area contributed by atoms with Crippen LogP contribution in [0.1, 0.15) is 29.3 Å². The minimum Gasteiger partial charge on any atom is -0.379 e. The molecule has 0 saturated carbocycles. The second kappa shape index (κ2) is 14.6. The molecule has 0 unspecified atom stereocenters. The van der Waals surface area contributed by atoms with Crippen molar-refractivity contribution in [2.24, 2.45) is 4.99 Å². The molecule has 1 aromatic carbocycles. The molecule has 1 saturated heterocycles. The van der Waals surface area contributed by atoms with Crippen LogP contribution < -0.4 is 10.6 Å². The van der Waals surface area contributed by atoms with Crippen LogP contribution in [-0.4, -0.2) is 88.2 Å². The Labute approximate surface area is 192 Å². The van der Waals surface area contributed by atoms with Crippen LogP contribution in [0.5, 0.6) is 0 Å². The number of aliphatic imine (C=N–C) groups is 1. The van der Waals surface area contributed by atoms with Crippen molar-refractivity contribution >= 4 is 35.8 Å². The van der Waals surface area contributed by atoms with Crippen molar-refractivity contribution in [1.82, 2.24) is 20.4 Å². The fourth-order valence-electron chi connectivity index (χ4n) is 3.10. The zero-order chi connectivity index (χ0) is 20.2. The predicted molar refractivity (Wildman–Crippen MR) is 129 cm³/mol. The zero-order valence-corrected chi connectivity index (χ0v) is 20.3. The Morgan fingerprint density at radius 3 is 2.69 bits per heavy atom. The molecule has 2 rings (SSSR count). The van der Waals surface area contributed by atoms with Crippen molar-refractivity contribution in [3.63, 3.8) is 0 Å². The molecule has 7 nitrogen and oxygen atoms in total. The minimum absolute atomic E-state index is 0. The summed E-state index contributed by atoms with van der Waals surface area (Å²) in [6, 6.07) is 7.83. The monoisotopic (exact) mass is 517 g/mol. The van der Waals surface area contributed by atoms with Gasteiger partial charge in [-0.3, -0.25) is 14.7 Å². The minimum atomic E-state index is 0. The Kier molecular flexibility index (Phi) is 12.9. The van der Waals surface area contributed by atoms with Gasteiger partial charge in [-0.15, -0.1) is 24.0 Å². The van der Waals surface area contributed by atoms with Gasteiger partial charge in [-0.05, 0) is 37.5 Å². The van der Waals surface area contributed by atoms with E-state index in [2.05, 4.69) is 33.5 Å². The summed E-state index contributed by atoms with van der Waals surface area (Å²) in [5.74, 6) is 0.884. The number of rotatable bonds is 9. The molecule has 0 spiro atoms. The Hall–Kier alpha value is -1.39. The van der Waals surface area contributed by atoms with Gasteiger partial charge in [-0.25, -0.2) is 0 Å². The van der Waals surface area contributed by atoms with Gasteiger partial charge < -0.3 is 20.3 Å². The second-order valence-electron chi connectivity index (χ2n) is 7.14. The Bertz CT molecular complexity index is 633. The van der Waals surface area contributed by atoms with Gasteiger partial charge in [0.25, 0.3) is 5.91 Å². The Morgan fingerprint density at radius 1 is 1.24 bits per heavy atom. The first kappa shape index (κ1) is 25.6. The molecule has 29 heavy (non-hydrogen) atoms. The molecule has 1 aliphatic rings. The third-order valence-electron chi connectivity index (χ3n) is 4.64. The third-order valence-corrected chi connectivity index (χ3v) is 4.64. The number of carbonyl (C=O) groups excluding carboxylic acids is 1. The van der Waals surface area contributed by atoms with E-state index >= 15 is 0 Å². The van der Waals surface area contributed by atoms with E-state index in [1.807, 2.05) is 18.2 Å². The highest BCUT2D eigenvalue weighted by Crippen LogP contribution is 2.07. The highest BCUT2D eigenvalue weighted by Gasteiger charge is 2.09. The summed E-state index contributed by atoms with van der Waals surface area (Å²) >= 11 is 0. The summed E-state index contributed by atoms with van der Waals surface area (Å²) in [5.41, 5.74) is 1.87. The van der Waals surface area contributed by atoms with Crippen LogP contribution in [0.3, 0.4) is 0 Å². The first-order chi connectivity index (χ1) is 13.6. The lowest BCUT2D eigenvalue weighted by Crippen LogP contribution is -2.39. The lowest BCUT2D eigenvalue weighted by molar-refractivity contribution is 0.0377.